The lowest BCUT2D eigenvalue weighted by molar-refractivity contribution is 0.0956. The first-order chi connectivity index (χ1) is 10.1. The number of nitrogens with one attached hydrogen (secondary N) is 1. The molecule has 23 heavy (non-hydrogen) atoms. The fourth-order valence-corrected chi connectivity index (χ4v) is 2.76. The van der Waals surface area contributed by atoms with Crippen LogP contribution in [0, 0.1) is 13.8 Å². The standard InChI is InChI=1S/C17H21N3O.2ClH/c1-10-7-11(2)16-13(8-10)14(17(21)19-6-5-18)9-15(20-16)12-3-4-12;;/h7-9,12H,3-6,18H2,1-2H3,(H,19,21);2*1H. The number of aryl methyl sites for hydroxylation is 2. The average molecular weight is 356 g/mol. The van der Waals surface area contributed by atoms with Crippen molar-refractivity contribution in [3.05, 3.63) is 40.6 Å². The van der Waals surface area contributed by atoms with Crippen molar-refractivity contribution in [1.82, 2.24) is 10.3 Å². The first-order valence-corrected chi connectivity index (χ1v) is 7.50. The third-order valence-electron chi connectivity index (χ3n) is 3.94. The Balaban J connectivity index is 0.00000132. The molecule has 1 fully saturated rings. The summed E-state index contributed by atoms with van der Waals surface area (Å²) in [6.07, 6.45) is 2.35. The molecule has 0 atom stereocenters. The van der Waals surface area contributed by atoms with E-state index in [4.69, 9.17) is 10.7 Å². The number of carbonyl (C=O) groups is 1. The van der Waals surface area contributed by atoms with Gasteiger partial charge in [-0.2, -0.15) is 0 Å². The van der Waals surface area contributed by atoms with Crippen LogP contribution in [0.4, 0.5) is 0 Å². The van der Waals surface area contributed by atoms with Gasteiger partial charge in [0.05, 0.1) is 11.1 Å². The second-order valence-electron chi connectivity index (χ2n) is 5.89. The quantitative estimate of drug-likeness (QED) is 0.884. The number of amides is 1. The molecule has 1 amide bonds. The zero-order valence-electron chi connectivity index (χ0n) is 13.4. The Labute approximate surface area is 149 Å². The van der Waals surface area contributed by atoms with E-state index in [9.17, 15) is 4.79 Å². The molecule has 1 aliphatic carbocycles. The van der Waals surface area contributed by atoms with Gasteiger partial charge in [0.1, 0.15) is 0 Å². The van der Waals surface area contributed by atoms with Crippen LogP contribution in [0.5, 0.6) is 0 Å². The van der Waals surface area contributed by atoms with E-state index in [1.165, 1.54) is 12.8 Å². The molecule has 0 unspecified atom stereocenters. The maximum Gasteiger partial charge on any atom is 0.252 e. The Morgan fingerprint density at radius 2 is 1.96 bits per heavy atom. The van der Waals surface area contributed by atoms with Crippen LogP contribution in [0.25, 0.3) is 10.9 Å². The normalized spacial score (nSPS) is 13.2. The van der Waals surface area contributed by atoms with Gasteiger partial charge in [-0.15, -0.1) is 24.8 Å². The van der Waals surface area contributed by atoms with Crippen LogP contribution in [-0.2, 0) is 0 Å². The van der Waals surface area contributed by atoms with Crippen molar-refractivity contribution in [1.29, 1.82) is 0 Å². The number of nitrogens with two attached hydrogens (primary N) is 1. The van der Waals surface area contributed by atoms with Crippen LogP contribution < -0.4 is 11.1 Å². The van der Waals surface area contributed by atoms with E-state index in [1.54, 1.807) is 0 Å². The molecule has 0 saturated heterocycles. The van der Waals surface area contributed by atoms with Gasteiger partial charge in [0.15, 0.2) is 0 Å². The van der Waals surface area contributed by atoms with Crippen molar-refractivity contribution < 1.29 is 4.79 Å². The zero-order valence-corrected chi connectivity index (χ0v) is 15.0. The Morgan fingerprint density at radius 1 is 1.26 bits per heavy atom. The second kappa shape index (κ2) is 7.95. The molecular formula is C17H23Cl2N3O. The Kier molecular flexibility index (Phi) is 6.81. The summed E-state index contributed by atoms with van der Waals surface area (Å²) in [6.45, 7) is 5.04. The van der Waals surface area contributed by atoms with Crippen molar-refractivity contribution in [3.8, 4) is 0 Å². The van der Waals surface area contributed by atoms with Gasteiger partial charge in [0, 0.05) is 30.1 Å². The van der Waals surface area contributed by atoms with E-state index in [1.807, 2.05) is 19.1 Å². The fourth-order valence-electron chi connectivity index (χ4n) is 2.76. The van der Waals surface area contributed by atoms with Crippen LogP contribution in [0.15, 0.2) is 18.2 Å². The first-order valence-electron chi connectivity index (χ1n) is 7.50. The van der Waals surface area contributed by atoms with Gasteiger partial charge in [0.2, 0.25) is 0 Å². The molecule has 1 aromatic carbocycles. The summed E-state index contributed by atoms with van der Waals surface area (Å²) in [5.74, 6) is 0.468. The molecule has 4 nitrogen and oxygen atoms in total. The van der Waals surface area contributed by atoms with Gasteiger partial charge in [0.25, 0.3) is 5.91 Å². The summed E-state index contributed by atoms with van der Waals surface area (Å²) in [5, 5.41) is 3.81. The number of halogens is 2. The average Bonchev–Trinajstić information content (AvgIpc) is 3.28. The van der Waals surface area contributed by atoms with Gasteiger partial charge in [-0.05, 0) is 44.4 Å². The number of hydrogen-bond acceptors (Lipinski definition) is 3. The number of hydrogen-bond donors (Lipinski definition) is 2. The maximum atomic E-state index is 12.4. The highest BCUT2D eigenvalue weighted by molar-refractivity contribution is 6.07. The van der Waals surface area contributed by atoms with E-state index in [-0.39, 0.29) is 30.7 Å². The first kappa shape index (κ1) is 19.7. The fraction of sp³-hybridized carbons (Fsp3) is 0.412. The number of aromatic nitrogens is 1. The van der Waals surface area contributed by atoms with E-state index in [0.29, 0.717) is 19.0 Å². The molecule has 0 aliphatic heterocycles. The molecule has 3 N–H and O–H groups in total. The van der Waals surface area contributed by atoms with E-state index < -0.39 is 0 Å². The maximum absolute atomic E-state index is 12.4. The lowest BCUT2D eigenvalue weighted by atomic mass is 10.00. The Morgan fingerprint density at radius 3 is 2.57 bits per heavy atom. The monoisotopic (exact) mass is 355 g/mol. The molecule has 1 aromatic heterocycles. The molecule has 6 heteroatoms. The smallest absolute Gasteiger partial charge is 0.252 e. The van der Waals surface area contributed by atoms with Gasteiger partial charge < -0.3 is 11.1 Å². The van der Waals surface area contributed by atoms with Gasteiger partial charge >= 0.3 is 0 Å². The van der Waals surface area contributed by atoms with E-state index >= 15 is 0 Å². The zero-order chi connectivity index (χ0) is 15.0. The van der Waals surface area contributed by atoms with Gasteiger partial charge in [-0.1, -0.05) is 11.6 Å². The number of rotatable bonds is 4. The number of fused-ring (bicyclic) bond motifs is 1. The third kappa shape index (κ3) is 4.14. The largest absolute Gasteiger partial charge is 0.351 e. The second-order valence-corrected chi connectivity index (χ2v) is 5.89. The molecule has 3 rings (SSSR count). The topological polar surface area (TPSA) is 68.0 Å². The summed E-state index contributed by atoms with van der Waals surface area (Å²) in [5.41, 5.74) is 10.5. The predicted molar refractivity (Wildman–Crippen MR) is 99.1 cm³/mol. The lowest BCUT2D eigenvalue weighted by Crippen LogP contribution is -2.29. The highest BCUT2D eigenvalue weighted by Gasteiger charge is 2.27. The Hall–Kier alpha value is -1.36. The highest BCUT2D eigenvalue weighted by atomic mass is 35.5. The molecule has 126 valence electrons. The van der Waals surface area contributed by atoms with Crippen molar-refractivity contribution in [2.24, 2.45) is 5.73 Å². The summed E-state index contributed by atoms with van der Waals surface area (Å²) in [4.78, 5) is 17.2. The van der Waals surface area contributed by atoms with Crippen LogP contribution in [0.3, 0.4) is 0 Å². The number of carbonyl (C=O) groups excluding carboxylic acids is 1. The minimum Gasteiger partial charge on any atom is -0.351 e. The van der Waals surface area contributed by atoms with Crippen molar-refractivity contribution in [2.75, 3.05) is 13.1 Å². The molecule has 0 bridgehead atoms. The number of nitrogens with zero attached hydrogens (tertiary/aromatic N) is 1. The molecule has 1 heterocycles. The third-order valence-corrected chi connectivity index (χ3v) is 3.94. The highest BCUT2D eigenvalue weighted by Crippen LogP contribution is 2.40. The van der Waals surface area contributed by atoms with E-state index in [2.05, 4.69) is 18.3 Å². The summed E-state index contributed by atoms with van der Waals surface area (Å²) in [7, 11) is 0. The molecule has 0 spiro atoms. The molecule has 1 aliphatic rings. The minimum atomic E-state index is -0.0558. The van der Waals surface area contributed by atoms with Crippen LogP contribution in [-0.4, -0.2) is 24.0 Å². The summed E-state index contributed by atoms with van der Waals surface area (Å²) < 4.78 is 0. The van der Waals surface area contributed by atoms with Gasteiger partial charge in [-0.25, -0.2) is 0 Å². The SMILES string of the molecule is Cc1cc(C)c2nc(C3CC3)cc(C(=O)NCCN)c2c1.Cl.Cl. The molecule has 0 radical (unpaired) electrons. The predicted octanol–water partition coefficient (Wildman–Crippen LogP) is 3.26. The molecular weight excluding hydrogens is 333 g/mol. The van der Waals surface area contributed by atoms with Crippen LogP contribution >= 0.6 is 24.8 Å². The number of pyridine rings is 1. The van der Waals surface area contributed by atoms with E-state index in [0.717, 1.165) is 33.3 Å². The van der Waals surface area contributed by atoms with Crippen molar-refractivity contribution >= 4 is 41.6 Å². The van der Waals surface area contributed by atoms with Crippen LogP contribution in [0.2, 0.25) is 0 Å². The Bertz CT molecular complexity index is 715. The van der Waals surface area contributed by atoms with Crippen molar-refractivity contribution in [2.45, 2.75) is 32.6 Å². The van der Waals surface area contributed by atoms with Crippen molar-refractivity contribution in [3.63, 3.8) is 0 Å². The summed E-state index contributed by atoms with van der Waals surface area (Å²) in [6, 6.07) is 6.13. The number of benzene rings is 1. The molecule has 2 aromatic rings. The van der Waals surface area contributed by atoms with Crippen LogP contribution in [0.1, 0.15) is 45.9 Å². The minimum absolute atomic E-state index is 0. The van der Waals surface area contributed by atoms with Gasteiger partial charge in [-0.3, -0.25) is 9.78 Å². The molecule has 1 saturated carbocycles. The lowest BCUT2D eigenvalue weighted by Gasteiger charge is -2.12. The summed E-state index contributed by atoms with van der Waals surface area (Å²) >= 11 is 0.